The molecule has 2 heteroatoms. The van der Waals surface area contributed by atoms with Crippen LogP contribution in [0.15, 0.2) is 42.5 Å². The van der Waals surface area contributed by atoms with E-state index in [1.165, 1.54) is 50.7 Å². The molecule has 0 spiro atoms. The Bertz CT molecular complexity index is 601. The Morgan fingerprint density at radius 3 is 2.04 bits per heavy atom. The lowest BCUT2D eigenvalue weighted by molar-refractivity contribution is 0.171. The summed E-state index contributed by atoms with van der Waals surface area (Å²) in [6.45, 7) is 2.05. The highest BCUT2D eigenvalue weighted by molar-refractivity contribution is 5.22. The molecule has 0 radical (unpaired) electrons. The Morgan fingerprint density at radius 2 is 1.44 bits per heavy atom. The average Bonchev–Trinajstić information content (AvgIpc) is 2.65. The van der Waals surface area contributed by atoms with E-state index in [1.54, 1.807) is 6.07 Å². The van der Waals surface area contributed by atoms with E-state index >= 15 is 0 Å². The molecule has 1 aromatic rings. The van der Waals surface area contributed by atoms with Crippen LogP contribution in [-0.4, -0.2) is 0 Å². The molecule has 2 saturated carbocycles. The normalized spacial score (nSPS) is 31.0. The van der Waals surface area contributed by atoms with Crippen molar-refractivity contribution in [3.63, 3.8) is 0 Å². The second-order valence-electron chi connectivity index (χ2n) is 7.87. The minimum absolute atomic E-state index is 0.409. The summed E-state index contributed by atoms with van der Waals surface area (Å²) in [5, 5.41) is 0. The van der Waals surface area contributed by atoms with Crippen molar-refractivity contribution < 1.29 is 8.78 Å². The van der Waals surface area contributed by atoms with Crippen LogP contribution >= 0.6 is 0 Å². The number of rotatable bonds is 4. The average molecular weight is 344 g/mol. The van der Waals surface area contributed by atoms with E-state index in [2.05, 4.69) is 31.2 Å². The first-order valence-electron chi connectivity index (χ1n) is 9.91. The van der Waals surface area contributed by atoms with Crippen molar-refractivity contribution in [2.45, 2.75) is 64.2 Å². The fourth-order valence-electron chi connectivity index (χ4n) is 4.83. The number of hydrogen-bond acceptors (Lipinski definition) is 0. The summed E-state index contributed by atoms with van der Waals surface area (Å²) in [7, 11) is 0. The van der Waals surface area contributed by atoms with Crippen molar-refractivity contribution in [1.29, 1.82) is 0 Å². The van der Waals surface area contributed by atoms with E-state index in [9.17, 15) is 8.78 Å². The fraction of sp³-hybridized carbons (Fsp3) is 0.565. The molecule has 0 nitrogen and oxygen atoms in total. The summed E-state index contributed by atoms with van der Waals surface area (Å²) in [5.41, 5.74) is 0.982. The molecule has 3 rings (SSSR count). The molecule has 2 aliphatic carbocycles. The van der Waals surface area contributed by atoms with Gasteiger partial charge in [0.15, 0.2) is 11.6 Å². The largest absolute Gasteiger partial charge is 0.204 e. The lowest BCUT2D eigenvalue weighted by Gasteiger charge is -2.37. The maximum Gasteiger partial charge on any atom is 0.159 e. The van der Waals surface area contributed by atoms with Crippen molar-refractivity contribution in [1.82, 2.24) is 0 Å². The van der Waals surface area contributed by atoms with Crippen LogP contribution in [0, 0.1) is 29.4 Å². The molecule has 0 atom stereocenters. The van der Waals surface area contributed by atoms with Gasteiger partial charge in [0, 0.05) is 0 Å². The standard InChI is InChI=1S/C23H30F2/c1-2-3-4-5-17-6-8-18(9-7-17)19-10-12-20(13-11-19)21-14-15-22(24)23(25)16-21/h2-5,14-20H,6-13H2,1H3. The van der Waals surface area contributed by atoms with Gasteiger partial charge in [0.2, 0.25) is 0 Å². The summed E-state index contributed by atoms with van der Waals surface area (Å²) in [4.78, 5) is 0. The predicted molar refractivity (Wildman–Crippen MR) is 100 cm³/mol. The van der Waals surface area contributed by atoms with Crippen molar-refractivity contribution >= 4 is 0 Å². The molecule has 0 aliphatic heterocycles. The molecule has 0 saturated heterocycles. The second kappa shape index (κ2) is 8.78. The van der Waals surface area contributed by atoms with Crippen LogP contribution < -0.4 is 0 Å². The van der Waals surface area contributed by atoms with Crippen LogP contribution in [0.1, 0.15) is 69.8 Å². The maximum absolute atomic E-state index is 13.5. The first-order chi connectivity index (χ1) is 12.2. The van der Waals surface area contributed by atoms with Crippen LogP contribution in [0.4, 0.5) is 8.78 Å². The fourth-order valence-corrected chi connectivity index (χ4v) is 4.83. The second-order valence-corrected chi connectivity index (χ2v) is 7.87. The highest BCUT2D eigenvalue weighted by Gasteiger charge is 2.30. The van der Waals surface area contributed by atoms with E-state index < -0.39 is 11.6 Å². The number of halogens is 2. The molecule has 2 aliphatic rings. The molecule has 0 N–H and O–H groups in total. The quantitative estimate of drug-likeness (QED) is 0.508. The van der Waals surface area contributed by atoms with Crippen LogP contribution in [0.3, 0.4) is 0 Å². The monoisotopic (exact) mass is 344 g/mol. The molecule has 0 unspecified atom stereocenters. The van der Waals surface area contributed by atoms with Gasteiger partial charge in [0.1, 0.15) is 0 Å². The molecule has 2 fully saturated rings. The van der Waals surface area contributed by atoms with Crippen LogP contribution in [0.2, 0.25) is 0 Å². The molecule has 136 valence electrons. The zero-order chi connectivity index (χ0) is 17.6. The van der Waals surface area contributed by atoms with Gasteiger partial charge in [-0.15, -0.1) is 0 Å². The first kappa shape index (κ1) is 18.4. The van der Waals surface area contributed by atoms with Gasteiger partial charge in [-0.3, -0.25) is 0 Å². The molecule has 0 heterocycles. The highest BCUT2D eigenvalue weighted by atomic mass is 19.2. The van der Waals surface area contributed by atoms with Gasteiger partial charge in [-0.1, -0.05) is 30.4 Å². The van der Waals surface area contributed by atoms with Crippen molar-refractivity contribution in [3.05, 3.63) is 59.7 Å². The lowest BCUT2D eigenvalue weighted by atomic mass is 9.68. The SMILES string of the molecule is CC=CC=CC1CCC(C2CCC(c3ccc(F)c(F)c3)CC2)CC1. The zero-order valence-corrected chi connectivity index (χ0v) is 15.3. The van der Waals surface area contributed by atoms with E-state index in [1.807, 2.05) is 0 Å². The third kappa shape index (κ3) is 4.80. The van der Waals surface area contributed by atoms with Crippen molar-refractivity contribution in [3.8, 4) is 0 Å². The van der Waals surface area contributed by atoms with Gasteiger partial charge >= 0.3 is 0 Å². The third-order valence-electron chi connectivity index (χ3n) is 6.36. The third-order valence-corrected chi connectivity index (χ3v) is 6.36. The van der Waals surface area contributed by atoms with Crippen LogP contribution in [0.25, 0.3) is 0 Å². The van der Waals surface area contributed by atoms with Crippen molar-refractivity contribution in [2.75, 3.05) is 0 Å². The zero-order valence-electron chi connectivity index (χ0n) is 15.3. The van der Waals surface area contributed by atoms with Gasteiger partial charge in [-0.25, -0.2) is 8.78 Å². The summed E-state index contributed by atoms with van der Waals surface area (Å²) < 4.78 is 26.6. The minimum atomic E-state index is -0.738. The van der Waals surface area contributed by atoms with E-state index in [0.717, 1.165) is 36.2 Å². The lowest BCUT2D eigenvalue weighted by Crippen LogP contribution is -2.25. The number of hydrogen-bond donors (Lipinski definition) is 0. The Hall–Kier alpha value is -1.44. The Labute approximate surface area is 151 Å². The molecule has 25 heavy (non-hydrogen) atoms. The summed E-state index contributed by atoms with van der Waals surface area (Å²) in [6, 6.07) is 4.45. The molecule has 0 aromatic heterocycles. The van der Waals surface area contributed by atoms with Crippen molar-refractivity contribution in [2.24, 2.45) is 17.8 Å². The summed E-state index contributed by atoms with van der Waals surface area (Å²) >= 11 is 0. The topological polar surface area (TPSA) is 0 Å². The predicted octanol–water partition coefficient (Wildman–Crippen LogP) is 7.18. The molecule has 1 aromatic carbocycles. The van der Waals surface area contributed by atoms with Crippen LogP contribution in [0.5, 0.6) is 0 Å². The van der Waals surface area contributed by atoms with Gasteiger partial charge in [-0.05, 0) is 99.7 Å². The van der Waals surface area contributed by atoms with Gasteiger partial charge < -0.3 is 0 Å². The molecular formula is C23H30F2. The number of benzene rings is 1. The van der Waals surface area contributed by atoms with Gasteiger partial charge in [0.05, 0.1) is 0 Å². The molecule has 0 amide bonds. The Balaban J connectivity index is 1.47. The Kier molecular flexibility index (Phi) is 6.45. The van der Waals surface area contributed by atoms with Gasteiger partial charge in [-0.2, -0.15) is 0 Å². The molecule has 0 bridgehead atoms. The smallest absolute Gasteiger partial charge is 0.159 e. The highest BCUT2D eigenvalue weighted by Crippen LogP contribution is 2.44. The first-order valence-corrected chi connectivity index (χ1v) is 9.91. The minimum Gasteiger partial charge on any atom is -0.204 e. The van der Waals surface area contributed by atoms with Crippen LogP contribution in [-0.2, 0) is 0 Å². The maximum atomic E-state index is 13.5. The van der Waals surface area contributed by atoms with E-state index in [-0.39, 0.29) is 0 Å². The summed E-state index contributed by atoms with van der Waals surface area (Å²) in [5.74, 6) is 1.43. The van der Waals surface area contributed by atoms with E-state index in [0.29, 0.717) is 5.92 Å². The summed E-state index contributed by atoms with van der Waals surface area (Å²) in [6.07, 6.45) is 18.8. The van der Waals surface area contributed by atoms with Gasteiger partial charge in [0.25, 0.3) is 0 Å². The Morgan fingerprint density at radius 1 is 0.800 bits per heavy atom. The van der Waals surface area contributed by atoms with E-state index in [4.69, 9.17) is 0 Å². The number of allylic oxidation sites excluding steroid dienone is 4. The molecular weight excluding hydrogens is 314 g/mol.